The summed E-state index contributed by atoms with van der Waals surface area (Å²) in [6.45, 7) is 0. The lowest BCUT2D eigenvalue weighted by Crippen LogP contribution is -1.82. The van der Waals surface area contributed by atoms with Gasteiger partial charge in [-0.2, -0.15) is 0 Å². The molecule has 0 unspecified atom stereocenters. The Labute approximate surface area is 32.9 Å². The van der Waals surface area contributed by atoms with E-state index < -0.39 is 0 Å². The Bertz CT molecular complexity index is 34.6. The van der Waals surface area contributed by atoms with Gasteiger partial charge in [-0.05, 0) is 0 Å². The standard InChI is InChI=1S/C2H5O2Si/c1-4-5-2-3/h2-3H,1H3. The molecule has 0 aromatic rings. The molecule has 0 amide bonds. The van der Waals surface area contributed by atoms with E-state index in [4.69, 9.17) is 5.11 Å². The van der Waals surface area contributed by atoms with E-state index >= 15 is 0 Å². The van der Waals surface area contributed by atoms with Crippen LogP contribution in [-0.4, -0.2) is 27.4 Å². The maximum atomic E-state index is 7.83. The van der Waals surface area contributed by atoms with Crippen molar-refractivity contribution in [3.63, 3.8) is 0 Å². The third-order valence-corrected chi connectivity index (χ3v) is 0.512. The predicted octanol–water partition coefficient (Wildman–Crippen LogP) is -0.616. The number of aliphatic hydroxyl groups excluding tert-OH is 1. The van der Waals surface area contributed by atoms with Gasteiger partial charge in [0.1, 0.15) is 0 Å². The molecule has 0 aliphatic rings. The second kappa shape index (κ2) is 3.69. The summed E-state index contributed by atoms with van der Waals surface area (Å²) in [5.41, 5.74) is 0. The Morgan fingerprint density at radius 3 is 2.60 bits per heavy atom. The van der Waals surface area contributed by atoms with Gasteiger partial charge in [0, 0.05) is 0 Å². The Morgan fingerprint density at radius 1 is 2.00 bits per heavy atom. The van der Waals surface area contributed by atoms with Crippen LogP contribution < -0.4 is 0 Å². The van der Waals surface area contributed by atoms with Gasteiger partial charge >= 0.3 is 9.38 Å². The van der Waals surface area contributed by atoms with Crippen molar-refractivity contribution in [1.29, 1.82) is 0 Å². The monoisotopic (exact) mass is 89.0 g/mol. The lowest BCUT2D eigenvalue weighted by molar-refractivity contribution is 0.452. The highest BCUT2D eigenvalue weighted by Crippen LogP contribution is 1.36. The number of rotatable bonds is 1. The molecule has 0 fully saturated rings. The highest BCUT2D eigenvalue weighted by Gasteiger charge is 1.55. The first-order chi connectivity index (χ1) is 2.41. The van der Waals surface area contributed by atoms with Crippen LogP contribution in [-0.2, 0) is 4.43 Å². The van der Waals surface area contributed by atoms with Gasteiger partial charge in [0.2, 0.25) is 0 Å². The molecule has 0 saturated carbocycles. The van der Waals surface area contributed by atoms with Crippen LogP contribution in [0.3, 0.4) is 0 Å². The maximum Gasteiger partial charge on any atom is 0.321 e. The fourth-order valence-corrected chi connectivity index (χ4v) is 0.158. The fraction of sp³-hybridized carbons (Fsp3) is 0.500. The molecule has 0 heterocycles. The first-order valence-electron chi connectivity index (χ1n) is 1.16. The van der Waals surface area contributed by atoms with Crippen LogP contribution in [0.4, 0.5) is 0 Å². The van der Waals surface area contributed by atoms with E-state index in [0.717, 1.165) is 5.86 Å². The normalized spacial score (nSPS) is 9.00. The molecule has 1 radical (unpaired) electrons. The number of hydrogen-bond donors (Lipinski definition) is 1. The summed E-state index contributed by atoms with van der Waals surface area (Å²) in [6.07, 6.45) is 0. The molecule has 0 aromatic carbocycles. The molecule has 2 nitrogen and oxygen atoms in total. The van der Waals surface area contributed by atoms with E-state index in [1.165, 1.54) is 7.11 Å². The SMILES string of the molecule is CO[Si]=CO. The smallest absolute Gasteiger partial charge is 0.321 e. The molecular weight excluding hydrogens is 84.1 g/mol. The zero-order valence-corrected chi connectivity index (χ0v) is 3.93. The zero-order chi connectivity index (χ0) is 4.12. The zero-order valence-electron chi connectivity index (χ0n) is 2.93. The molecule has 5 heavy (non-hydrogen) atoms. The summed E-state index contributed by atoms with van der Waals surface area (Å²) >= 11 is 0. The molecule has 0 rings (SSSR count). The molecule has 3 heteroatoms. The van der Waals surface area contributed by atoms with Crippen LogP contribution in [0.1, 0.15) is 0 Å². The van der Waals surface area contributed by atoms with Gasteiger partial charge in [-0.3, -0.25) is 0 Å². The lowest BCUT2D eigenvalue weighted by Gasteiger charge is -1.74. The molecule has 29 valence electrons. The van der Waals surface area contributed by atoms with Crippen LogP contribution in [0.15, 0.2) is 0 Å². The average Bonchev–Trinajstić information content (AvgIpc) is 1.41. The minimum atomic E-state index is 0.128. The van der Waals surface area contributed by atoms with Gasteiger partial charge in [-0.25, -0.2) is 0 Å². The summed E-state index contributed by atoms with van der Waals surface area (Å²) in [5, 5.41) is 7.83. The van der Waals surface area contributed by atoms with Gasteiger partial charge in [0.05, 0.1) is 13.0 Å². The second-order valence-electron chi connectivity index (χ2n) is 0.451. The highest BCUT2D eigenvalue weighted by molar-refractivity contribution is 6.38. The van der Waals surface area contributed by atoms with Gasteiger partial charge in [0.15, 0.2) is 0 Å². The van der Waals surface area contributed by atoms with Gasteiger partial charge in [0.25, 0.3) is 0 Å². The van der Waals surface area contributed by atoms with Crippen LogP contribution in [0, 0.1) is 0 Å². The van der Waals surface area contributed by atoms with Crippen LogP contribution in [0.2, 0.25) is 0 Å². The van der Waals surface area contributed by atoms with E-state index in [2.05, 4.69) is 4.43 Å². The average molecular weight is 89.1 g/mol. The van der Waals surface area contributed by atoms with Crippen LogP contribution >= 0.6 is 0 Å². The van der Waals surface area contributed by atoms with E-state index in [0.29, 0.717) is 0 Å². The minimum absolute atomic E-state index is 0.128. The second-order valence-corrected chi connectivity index (χ2v) is 1.35. The first kappa shape index (κ1) is 4.69. The van der Waals surface area contributed by atoms with Gasteiger partial charge in [-0.15, -0.1) is 0 Å². The molecule has 0 atom stereocenters. The first-order valence-corrected chi connectivity index (χ1v) is 2.14. The quantitative estimate of drug-likeness (QED) is 0.434. The van der Waals surface area contributed by atoms with Crippen molar-refractivity contribution in [3.8, 4) is 0 Å². The summed E-state index contributed by atoms with van der Waals surface area (Å²) < 4.78 is 4.41. The summed E-state index contributed by atoms with van der Waals surface area (Å²) in [7, 11) is 1.66. The highest BCUT2D eigenvalue weighted by atomic mass is 28.2. The van der Waals surface area contributed by atoms with Gasteiger partial charge in [-0.1, -0.05) is 0 Å². The van der Waals surface area contributed by atoms with E-state index in [1.54, 1.807) is 0 Å². The van der Waals surface area contributed by atoms with Crippen molar-refractivity contribution >= 4 is 15.2 Å². The summed E-state index contributed by atoms with van der Waals surface area (Å²) in [5.74, 6) is 0.986. The molecule has 1 N–H and O–H groups in total. The molecule has 0 aliphatic heterocycles. The number of hydrogen-bond acceptors (Lipinski definition) is 2. The topological polar surface area (TPSA) is 29.5 Å². The lowest BCUT2D eigenvalue weighted by atomic mass is 11.7. The molecule has 0 aromatic heterocycles. The third-order valence-electron chi connectivity index (χ3n) is 0.171. The molecule has 0 aliphatic carbocycles. The van der Waals surface area contributed by atoms with Gasteiger partial charge < -0.3 is 9.53 Å². The van der Waals surface area contributed by atoms with Crippen molar-refractivity contribution in [1.82, 2.24) is 0 Å². The molecule has 0 bridgehead atoms. The van der Waals surface area contributed by atoms with Crippen molar-refractivity contribution < 1.29 is 9.53 Å². The van der Waals surface area contributed by atoms with E-state index in [1.807, 2.05) is 0 Å². The largest absolute Gasteiger partial charge is 0.549 e. The van der Waals surface area contributed by atoms with Crippen molar-refractivity contribution in [2.24, 2.45) is 0 Å². The molecule has 0 spiro atoms. The molecule has 0 saturated heterocycles. The maximum absolute atomic E-state index is 7.83. The van der Waals surface area contributed by atoms with Crippen molar-refractivity contribution in [3.05, 3.63) is 0 Å². The summed E-state index contributed by atoms with van der Waals surface area (Å²) in [6, 6.07) is 0. The van der Waals surface area contributed by atoms with Crippen molar-refractivity contribution in [2.45, 2.75) is 0 Å². The van der Waals surface area contributed by atoms with E-state index in [-0.39, 0.29) is 9.38 Å². The van der Waals surface area contributed by atoms with Crippen LogP contribution in [0.5, 0.6) is 0 Å². The number of aliphatic hydroxyl groups is 1. The minimum Gasteiger partial charge on any atom is -0.549 e. The van der Waals surface area contributed by atoms with Crippen LogP contribution in [0.25, 0.3) is 0 Å². The molecular formula is C2H5O2Si. The Hall–Kier alpha value is -0.313. The predicted molar refractivity (Wildman–Crippen MR) is 20.8 cm³/mol. The fourth-order valence-electron chi connectivity index (χ4n) is 0.0527. The van der Waals surface area contributed by atoms with Crippen molar-refractivity contribution in [2.75, 3.05) is 7.11 Å². The summed E-state index contributed by atoms with van der Waals surface area (Å²) in [4.78, 5) is 0. The Morgan fingerprint density at radius 2 is 2.60 bits per heavy atom. The Kier molecular flexibility index (Phi) is 3.46. The Balaban J connectivity index is 2.62. The third kappa shape index (κ3) is 3.69. The van der Waals surface area contributed by atoms with E-state index in [9.17, 15) is 0 Å².